The van der Waals surface area contributed by atoms with E-state index in [1.165, 1.54) is 42.5 Å². The van der Waals surface area contributed by atoms with Crippen LogP contribution in [0.4, 0.5) is 34.1 Å². The fourth-order valence-electron chi connectivity index (χ4n) is 3.89. The summed E-state index contributed by atoms with van der Waals surface area (Å²) in [7, 11) is -13.1. The zero-order chi connectivity index (χ0) is 34.7. The van der Waals surface area contributed by atoms with E-state index in [1.54, 1.807) is 0 Å². The molecule has 0 saturated carbocycles. The van der Waals surface area contributed by atoms with Gasteiger partial charge in [-0.2, -0.15) is 22.9 Å². The Balaban J connectivity index is 1.67. The average molecular weight is 733 g/mol. The number of phenols is 1. The van der Waals surface area contributed by atoms with Crippen LogP contribution < -0.4 is 11.5 Å². The first-order chi connectivity index (χ1) is 21.9. The predicted octanol–water partition coefficient (Wildman–Crippen LogP) is 5.23. The maximum atomic E-state index is 12.4. The van der Waals surface area contributed by atoms with E-state index in [4.69, 9.17) is 16.0 Å². The smallest absolute Gasteiger partial charge is 0.330 e. The maximum Gasteiger partial charge on any atom is 0.330 e. The highest BCUT2D eigenvalue weighted by Gasteiger charge is 2.26. The first-order valence-electron chi connectivity index (χ1n) is 12.4. The summed E-state index contributed by atoms with van der Waals surface area (Å²) >= 11 is -2.73. The molecule has 1 unspecified atom stereocenters. The van der Waals surface area contributed by atoms with Crippen molar-refractivity contribution in [3.63, 3.8) is 0 Å². The van der Waals surface area contributed by atoms with Gasteiger partial charge in [0.05, 0.1) is 44.9 Å². The van der Waals surface area contributed by atoms with Crippen LogP contribution in [0.15, 0.2) is 95.8 Å². The summed E-state index contributed by atoms with van der Waals surface area (Å²) < 4.78 is 110. The third-order valence-corrected chi connectivity index (χ3v) is 9.76. The van der Waals surface area contributed by atoms with Gasteiger partial charge < -0.3 is 30.2 Å². The largest absolute Gasteiger partial charge is 0.505 e. The van der Waals surface area contributed by atoms with Gasteiger partial charge in [-0.05, 0) is 60.0 Å². The molecule has 4 aromatic carbocycles. The summed E-state index contributed by atoms with van der Waals surface area (Å²) in [6.07, 6.45) is 0. The van der Waals surface area contributed by atoms with Crippen molar-refractivity contribution in [3.8, 4) is 5.75 Å². The molecule has 1 atom stereocenters. The topological polar surface area (TPSA) is 327 Å². The zero-order valence-corrected chi connectivity index (χ0v) is 26.6. The highest BCUT2D eigenvalue weighted by Crippen LogP contribution is 2.54. The molecule has 252 valence electrons. The van der Waals surface area contributed by atoms with Crippen LogP contribution >= 0.6 is 10.9 Å². The molecule has 0 bridgehead atoms. The molecule has 23 heteroatoms. The monoisotopic (exact) mass is 732 g/mol. The van der Waals surface area contributed by atoms with Crippen molar-refractivity contribution < 1.29 is 58.1 Å². The lowest BCUT2D eigenvalue weighted by Crippen LogP contribution is -2.13. The Morgan fingerprint density at radius 2 is 1.40 bits per heavy atom. The minimum atomic E-state index is -4.70. The lowest BCUT2D eigenvalue weighted by atomic mass is 10.1. The first-order valence-corrected chi connectivity index (χ1v) is 18.0. The summed E-state index contributed by atoms with van der Waals surface area (Å²) in [5, 5.41) is 26.9. The second kappa shape index (κ2) is 13.9. The fourth-order valence-corrected chi connectivity index (χ4v) is 6.41. The van der Waals surface area contributed by atoms with Crippen molar-refractivity contribution in [2.24, 2.45) is 20.5 Å². The Labute approximate surface area is 269 Å². The number of hydrogen-bond acceptors (Lipinski definition) is 17. The molecule has 0 heterocycles. The number of benzene rings is 4. The summed E-state index contributed by atoms with van der Waals surface area (Å²) in [6.45, 7) is -0.541. The molecular weight excluding hydrogens is 709 g/mol. The molecule has 0 radical (unpaired) electrons. The molecule has 4 rings (SSSR count). The van der Waals surface area contributed by atoms with E-state index in [2.05, 4.69) is 29.7 Å². The van der Waals surface area contributed by atoms with Crippen LogP contribution in [-0.4, -0.2) is 61.3 Å². The van der Waals surface area contributed by atoms with Crippen molar-refractivity contribution >= 4 is 87.1 Å². The standard InChI is InChI=1S/C24H24N6O13S4/c25-18-11-19(26)21(46(36,37)38)12-20(18)29-28-15-2-1-13-9-22(47(39,40)41)23(24(31)17(13)10-15)30-27-14-3-5-16(6-4-14)45(34,35)8-7-42-43-44(32)33/h1-6,9-12,31,39-41H,7-8,25-26H2,(H,32,33)(H,36,37,38). The number of aromatic hydroxyl groups is 1. The lowest BCUT2D eigenvalue weighted by molar-refractivity contribution is -0.196. The van der Waals surface area contributed by atoms with Crippen LogP contribution in [0, 0.1) is 0 Å². The Morgan fingerprint density at radius 3 is 2.02 bits per heavy atom. The number of rotatable bonds is 12. The average Bonchev–Trinajstić information content (AvgIpc) is 2.97. The van der Waals surface area contributed by atoms with Crippen LogP contribution in [0.2, 0.25) is 0 Å². The van der Waals surface area contributed by atoms with E-state index in [9.17, 15) is 44.4 Å². The van der Waals surface area contributed by atoms with Crippen LogP contribution in [0.1, 0.15) is 0 Å². The van der Waals surface area contributed by atoms with E-state index < -0.39 is 75.8 Å². The van der Waals surface area contributed by atoms with E-state index in [0.29, 0.717) is 0 Å². The van der Waals surface area contributed by atoms with Gasteiger partial charge in [0.25, 0.3) is 10.1 Å². The first kappa shape index (κ1) is 35.7. The fraction of sp³-hybridized carbons (Fsp3) is 0.0833. The van der Waals surface area contributed by atoms with E-state index in [1.807, 2.05) is 0 Å². The number of nitrogens with zero attached hydrogens (tertiary/aromatic N) is 4. The van der Waals surface area contributed by atoms with Crippen LogP contribution in [0.25, 0.3) is 10.8 Å². The molecule has 0 saturated heterocycles. The van der Waals surface area contributed by atoms with Gasteiger partial charge in [-0.25, -0.2) is 13.3 Å². The Kier molecular flexibility index (Phi) is 10.6. The Morgan fingerprint density at radius 1 is 0.766 bits per heavy atom. The number of sulfone groups is 1. The van der Waals surface area contributed by atoms with Gasteiger partial charge in [0, 0.05) is 5.39 Å². The van der Waals surface area contributed by atoms with Crippen LogP contribution in [-0.2, 0) is 40.5 Å². The minimum absolute atomic E-state index is 0.0318. The molecular formula is C24H24N6O13S4. The Bertz CT molecular complexity index is 2140. The van der Waals surface area contributed by atoms with Crippen LogP contribution in [0.3, 0.4) is 0 Å². The van der Waals surface area contributed by atoms with E-state index >= 15 is 0 Å². The van der Waals surface area contributed by atoms with Crippen molar-refractivity contribution in [1.29, 1.82) is 0 Å². The molecule has 0 spiro atoms. The van der Waals surface area contributed by atoms with Gasteiger partial charge in [-0.15, -0.1) is 14.6 Å². The SMILES string of the molecule is Nc1cc(N)c(S(=O)(=O)O)cc1N=Nc1ccc2cc(S(O)(O)O)c(N=Nc3ccc(S(=O)(=O)CCOOS(=O)O)cc3)c(O)c2c1. The van der Waals surface area contributed by atoms with E-state index in [0.717, 1.165) is 18.2 Å². The maximum absolute atomic E-state index is 12.4. The number of nitrogen functional groups attached to an aromatic ring is 2. The number of anilines is 2. The van der Waals surface area contributed by atoms with Crippen molar-refractivity contribution in [1.82, 2.24) is 0 Å². The summed E-state index contributed by atoms with van der Waals surface area (Å²) in [6, 6.07) is 12.0. The van der Waals surface area contributed by atoms with Crippen molar-refractivity contribution in [2.75, 3.05) is 23.8 Å². The predicted molar refractivity (Wildman–Crippen MR) is 169 cm³/mol. The molecule has 10 N–H and O–H groups in total. The second-order valence-electron chi connectivity index (χ2n) is 9.24. The van der Waals surface area contributed by atoms with Crippen molar-refractivity contribution in [2.45, 2.75) is 14.7 Å². The Hall–Kier alpha value is -4.14. The van der Waals surface area contributed by atoms with Crippen LogP contribution in [0.5, 0.6) is 5.75 Å². The van der Waals surface area contributed by atoms with E-state index in [-0.39, 0.29) is 44.1 Å². The lowest BCUT2D eigenvalue weighted by Gasteiger charge is -2.22. The normalized spacial score (nSPS) is 13.9. The minimum Gasteiger partial charge on any atom is -0.505 e. The molecule has 0 aliphatic carbocycles. The third kappa shape index (κ3) is 8.82. The molecule has 0 aliphatic heterocycles. The molecule has 47 heavy (non-hydrogen) atoms. The zero-order valence-electron chi connectivity index (χ0n) is 23.3. The number of azo groups is 2. The summed E-state index contributed by atoms with van der Waals surface area (Å²) in [5.74, 6) is -1.26. The highest BCUT2D eigenvalue weighted by atomic mass is 32.3. The second-order valence-corrected chi connectivity index (χ2v) is 14.8. The van der Waals surface area contributed by atoms with Gasteiger partial charge >= 0.3 is 11.4 Å². The quantitative estimate of drug-likeness (QED) is 0.0176. The molecule has 4 aromatic rings. The summed E-state index contributed by atoms with van der Waals surface area (Å²) in [4.78, 5) is 2.92. The van der Waals surface area contributed by atoms with Gasteiger partial charge in [-0.3, -0.25) is 9.11 Å². The number of nitrogens with two attached hydrogens (primary N) is 2. The molecule has 0 fully saturated rings. The van der Waals surface area contributed by atoms with Gasteiger partial charge in [0.2, 0.25) is 0 Å². The third-order valence-electron chi connectivity index (χ3n) is 6.04. The van der Waals surface area contributed by atoms with Gasteiger partial charge in [-0.1, -0.05) is 6.07 Å². The molecule has 0 aromatic heterocycles. The highest BCUT2D eigenvalue weighted by molar-refractivity contribution is 8.19. The van der Waals surface area contributed by atoms with Gasteiger partial charge in [0.15, 0.2) is 15.6 Å². The number of phenolic OH excluding ortho intramolecular Hbond substituents is 1. The molecule has 0 amide bonds. The molecule has 0 aliphatic rings. The van der Waals surface area contributed by atoms with Crippen molar-refractivity contribution in [3.05, 3.63) is 60.7 Å². The number of fused-ring (bicyclic) bond motifs is 1. The summed E-state index contributed by atoms with van der Waals surface area (Å²) in [5.41, 5.74) is 10.5. The van der Waals surface area contributed by atoms with Gasteiger partial charge in [0.1, 0.15) is 27.1 Å². The number of hydrogen-bond donors (Lipinski definition) is 8. The molecule has 19 nitrogen and oxygen atoms in total.